The van der Waals surface area contributed by atoms with Crippen molar-refractivity contribution in [1.29, 1.82) is 0 Å². The molecule has 1 aliphatic heterocycles. The molecular formula is C11H16N2OS. The number of aryl methyl sites for hydroxylation is 1. The van der Waals surface area contributed by atoms with E-state index >= 15 is 0 Å². The Labute approximate surface area is 93.9 Å². The monoisotopic (exact) mass is 224 g/mol. The highest BCUT2D eigenvalue weighted by atomic mass is 32.1. The minimum absolute atomic E-state index is 0.145. The van der Waals surface area contributed by atoms with Crippen LogP contribution in [0.4, 0.5) is 0 Å². The van der Waals surface area contributed by atoms with Crippen LogP contribution < -0.4 is 5.32 Å². The van der Waals surface area contributed by atoms with Gasteiger partial charge in [0.25, 0.3) is 0 Å². The standard InChI is InChI=1S/C11H16N2OS/c1-8-13-9(7-15-8)10(14)11(2)5-3-4-6-12-11/h7,12H,3-6H2,1-2H3. The first-order valence-electron chi connectivity index (χ1n) is 5.34. The van der Waals surface area contributed by atoms with Gasteiger partial charge in [-0.1, -0.05) is 0 Å². The lowest BCUT2D eigenvalue weighted by Crippen LogP contribution is -2.52. The minimum Gasteiger partial charge on any atom is -0.305 e. The first-order valence-corrected chi connectivity index (χ1v) is 6.22. The van der Waals surface area contributed by atoms with E-state index in [1.165, 1.54) is 17.8 Å². The quantitative estimate of drug-likeness (QED) is 0.783. The van der Waals surface area contributed by atoms with Crippen LogP contribution in [0.3, 0.4) is 0 Å². The molecule has 4 heteroatoms. The third-order valence-electron chi connectivity index (χ3n) is 2.97. The summed E-state index contributed by atoms with van der Waals surface area (Å²) in [5.41, 5.74) is 0.230. The number of nitrogens with one attached hydrogen (secondary N) is 1. The highest BCUT2D eigenvalue weighted by molar-refractivity contribution is 7.09. The van der Waals surface area contributed by atoms with Crippen LogP contribution in [0.1, 0.15) is 41.7 Å². The summed E-state index contributed by atoms with van der Waals surface area (Å²) in [6.07, 6.45) is 3.21. The summed E-state index contributed by atoms with van der Waals surface area (Å²) in [5, 5.41) is 6.13. The van der Waals surface area contributed by atoms with E-state index in [9.17, 15) is 4.79 Å². The van der Waals surface area contributed by atoms with Gasteiger partial charge in [0.05, 0.1) is 10.5 Å². The van der Waals surface area contributed by atoms with Gasteiger partial charge in [0.2, 0.25) is 5.78 Å². The van der Waals surface area contributed by atoms with E-state index in [1.54, 1.807) is 0 Å². The Kier molecular flexibility index (Phi) is 2.89. The summed E-state index contributed by atoms with van der Waals surface area (Å²) in [6, 6.07) is 0. The summed E-state index contributed by atoms with van der Waals surface area (Å²) in [5.74, 6) is 0.145. The number of carbonyl (C=O) groups is 1. The van der Waals surface area contributed by atoms with Crippen LogP contribution in [0.5, 0.6) is 0 Å². The molecule has 1 saturated heterocycles. The van der Waals surface area contributed by atoms with Crippen LogP contribution in [0, 0.1) is 6.92 Å². The van der Waals surface area contributed by atoms with Gasteiger partial charge in [-0.3, -0.25) is 4.79 Å². The summed E-state index contributed by atoms with van der Waals surface area (Å²) < 4.78 is 0. The Morgan fingerprint density at radius 3 is 2.93 bits per heavy atom. The molecule has 0 saturated carbocycles. The molecule has 0 aliphatic carbocycles. The van der Waals surface area contributed by atoms with Crippen LogP contribution >= 0.6 is 11.3 Å². The summed E-state index contributed by atoms with van der Waals surface area (Å²) in [4.78, 5) is 16.5. The van der Waals surface area contributed by atoms with E-state index in [-0.39, 0.29) is 5.78 Å². The van der Waals surface area contributed by atoms with Crippen molar-refractivity contribution < 1.29 is 4.79 Å². The first kappa shape index (κ1) is 10.8. The fourth-order valence-corrected chi connectivity index (χ4v) is 2.59. The summed E-state index contributed by atoms with van der Waals surface area (Å²) in [6.45, 7) is 4.85. The molecule has 0 amide bonds. The molecule has 1 aromatic rings. The van der Waals surface area contributed by atoms with Gasteiger partial charge in [0, 0.05) is 5.38 Å². The molecule has 1 unspecified atom stereocenters. The van der Waals surface area contributed by atoms with Gasteiger partial charge in [-0.25, -0.2) is 4.98 Å². The second kappa shape index (κ2) is 4.02. The molecule has 82 valence electrons. The maximum atomic E-state index is 12.2. The lowest BCUT2D eigenvalue weighted by Gasteiger charge is -2.32. The van der Waals surface area contributed by atoms with Crippen molar-refractivity contribution in [3.05, 3.63) is 16.1 Å². The Balaban J connectivity index is 2.19. The number of rotatable bonds is 2. The molecule has 1 aromatic heterocycles. The zero-order valence-electron chi connectivity index (χ0n) is 9.17. The van der Waals surface area contributed by atoms with Crippen molar-refractivity contribution in [2.75, 3.05) is 6.54 Å². The third-order valence-corrected chi connectivity index (χ3v) is 3.75. The molecule has 0 spiro atoms. The lowest BCUT2D eigenvalue weighted by molar-refractivity contribution is 0.0830. The zero-order chi connectivity index (χ0) is 10.9. The minimum atomic E-state index is -0.390. The fourth-order valence-electron chi connectivity index (χ4n) is 2.00. The van der Waals surface area contributed by atoms with E-state index in [2.05, 4.69) is 10.3 Å². The van der Waals surface area contributed by atoms with Crippen molar-refractivity contribution in [1.82, 2.24) is 10.3 Å². The molecule has 3 nitrogen and oxygen atoms in total. The van der Waals surface area contributed by atoms with E-state index in [4.69, 9.17) is 0 Å². The van der Waals surface area contributed by atoms with Crippen LogP contribution in [0.15, 0.2) is 5.38 Å². The maximum absolute atomic E-state index is 12.2. The Morgan fingerprint density at radius 1 is 1.60 bits per heavy atom. The van der Waals surface area contributed by atoms with Crippen LogP contribution in [0.2, 0.25) is 0 Å². The predicted octanol–water partition coefficient (Wildman–Crippen LogP) is 2.17. The number of hydrogen-bond acceptors (Lipinski definition) is 4. The van der Waals surface area contributed by atoms with E-state index in [0.29, 0.717) is 5.69 Å². The Morgan fingerprint density at radius 2 is 2.40 bits per heavy atom. The molecule has 0 aromatic carbocycles. The molecule has 0 radical (unpaired) electrons. The highest BCUT2D eigenvalue weighted by Crippen LogP contribution is 2.23. The number of aromatic nitrogens is 1. The highest BCUT2D eigenvalue weighted by Gasteiger charge is 2.35. The fraction of sp³-hybridized carbons (Fsp3) is 0.636. The molecule has 1 aliphatic rings. The second-order valence-corrected chi connectivity index (χ2v) is 5.36. The van der Waals surface area contributed by atoms with Gasteiger partial charge in [0.15, 0.2) is 0 Å². The topological polar surface area (TPSA) is 42.0 Å². The molecule has 1 N–H and O–H groups in total. The van der Waals surface area contributed by atoms with Crippen LogP contribution in [-0.2, 0) is 0 Å². The first-order chi connectivity index (χ1) is 7.12. The van der Waals surface area contributed by atoms with Gasteiger partial charge in [-0.15, -0.1) is 11.3 Å². The maximum Gasteiger partial charge on any atom is 0.201 e. The number of hydrogen-bond donors (Lipinski definition) is 1. The molecule has 1 atom stereocenters. The van der Waals surface area contributed by atoms with Crippen molar-refractivity contribution >= 4 is 17.1 Å². The summed E-state index contributed by atoms with van der Waals surface area (Å²) >= 11 is 1.54. The van der Waals surface area contributed by atoms with Gasteiger partial charge >= 0.3 is 0 Å². The van der Waals surface area contributed by atoms with Gasteiger partial charge in [0.1, 0.15) is 5.69 Å². The largest absolute Gasteiger partial charge is 0.305 e. The Bertz CT molecular complexity index is 366. The van der Waals surface area contributed by atoms with E-state index in [1.807, 2.05) is 19.2 Å². The molecule has 2 rings (SSSR count). The third kappa shape index (κ3) is 2.11. The molecule has 2 heterocycles. The lowest BCUT2D eigenvalue weighted by atomic mass is 9.86. The average molecular weight is 224 g/mol. The molecule has 1 fully saturated rings. The number of carbonyl (C=O) groups excluding carboxylic acids is 1. The van der Waals surface area contributed by atoms with Gasteiger partial charge in [-0.2, -0.15) is 0 Å². The SMILES string of the molecule is Cc1nc(C(=O)C2(C)CCCCN2)cs1. The van der Waals surface area contributed by atoms with Crippen molar-refractivity contribution in [3.63, 3.8) is 0 Å². The molecular weight excluding hydrogens is 208 g/mol. The number of thiazole rings is 1. The van der Waals surface area contributed by atoms with Crippen molar-refractivity contribution in [3.8, 4) is 0 Å². The number of Topliss-reactive ketones (excluding diaryl/α,β-unsaturated/α-hetero) is 1. The number of ketones is 1. The van der Waals surface area contributed by atoms with Crippen molar-refractivity contribution in [2.45, 2.75) is 38.6 Å². The number of piperidine rings is 1. The summed E-state index contributed by atoms with van der Waals surface area (Å²) in [7, 11) is 0. The Hall–Kier alpha value is -0.740. The second-order valence-electron chi connectivity index (χ2n) is 4.30. The van der Waals surface area contributed by atoms with E-state index < -0.39 is 5.54 Å². The van der Waals surface area contributed by atoms with Gasteiger partial charge in [-0.05, 0) is 39.7 Å². The van der Waals surface area contributed by atoms with E-state index in [0.717, 1.165) is 24.4 Å². The smallest absolute Gasteiger partial charge is 0.201 e. The molecule has 15 heavy (non-hydrogen) atoms. The van der Waals surface area contributed by atoms with Crippen LogP contribution in [-0.4, -0.2) is 22.9 Å². The normalized spacial score (nSPS) is 26.5. The van der Waals surface area contributed by atoms with Crippen LogP contribution in [0.25, 0.3) is 0 Å². The van der Waals surface area contributed by atoms with Gasteiger partial charge < -0.3 is 5.32 Å². The number of nitrogens with zero attached hydrogens (tertiary/aromatic N) is 1. The van der Waals surface area contributed by atoms with Crippen molar-refractivity contribution in [2.24, 2.45) is 0 Å². The predicted molar refractivity (Wildman–Crippen MR) is 61.4 cm³/mol. The molecule has 0 bridgehead atoms. The zero-order valence-corrected chi connectivity index (χ0v) is 9.99. The average Bonchev–Trinajstić information content (AvgIpc) is 2.65.